The number of likely N-dealkylation sites (N-methyl/N-ethyl adjacent to an activating group) is 1. The fourth-order valence-corrected chi connectivity index (χ4v) is 1.24. The van der Waals surface area contributed by atoms with Crippen LogP contribution in [0.2, 0.25) is 0 Å². The van der Waals surface area contributed by atoms with Gasteiger partial charge in [-0.25, -0.2) is 0 Å². The van der Waals surface area contributed by atoms with Gasteiger partial charge in [0, 0.05) is 13.6 Å². The highest BCUT2D eigenvalue weighted by molar-refractivity contribution is 5.89. The molecule has 0 fully saturated rings. The third-order valence-corrected chi connectivity index (χ3v) is 2.80. The first-order valence-corrected chi connectivity index (χ1v) is 5.92. The molecular formula is C12H25N3O2. The topological polar surface area (TPSA) is 75.4 Å². The second kappa shape index (κ2) is 6.00. The summed E-state index contributed by atoms with van der Waals surface area (Å²) in [5, 5.41) is 2.65. The fraction of sp³-hybridized carbons (Fsp3) is 0.833. The van der Waals surface area contributed by atoms with Gasteiger partial charge in [0.25, 0.3) is 0 Å². The largest absolute Gasteiger partial charge is 0.344 e. The van der Waals surface area contributed by atoms with E-state index in [1.165, 1.54) is 0 Å². The molecule has 0 aliphatic carbocycles. The molecule has 2 atom stereocenters. The maximum absolute atomic E-state index is 11.8. The normalized spacial score (nSPS) is 15.0. The van der Waals surface area contributed by atoms with Gasteiger partial charge < -0.3 is 16.0 Å². The highest BCUT2D eigenvalue weighted by Gasteiger charge is 2.29. The number of nitrogens with one attached hydrogen (secondary N) is 1. The summed E-state index contributed by atoms with van der Waals surface area (Å²) < 4.78 is 0. The standard InChI is InChI=1S/C12H25N3O2/c1-7-15(6)11(17)8(2)14-10(16)9(13)12(3,4)5/h8-9H,7,13H2,1-6H3,(H,14,16)/t8?,9-/m0/s1. The van der Waals surface area contributed by atoms with Gasteiger partial charge in [0.1, 0.15) is 6.04 Å². The third-order valence-electron chi connectivity index (χ3n) is 2.80. The van der Waals surface area contributed by atoms with Crippen molar-refractivity contribution in [3.63, 3.8) is 0 Å². The highest BCUT2D eigenvalue weighted by atomic mass is 16.2. The van der Waals surface area contributed by atoms with Crippen molar-refractivity contribution in [1.82, 2.24) is 10.2 Å². The van der Waals surface area contributed by atoms with Crippen molar-refractivity contribution in [2.75, 3.05) is 13.6 Å². The maximum Gasteiger partial charge on any atom is 0.244 e. The summed E-state index contributed by atoms with van der Waals surface area (Å²) in [6.07, 6.45) is 0. The lowest BCUT2D eigenvalue weighted by molar-refractivity contribution is -0.135. The predicted octanol–water partition coefficient (Wildman–Crippen LogP) is 0.343. The molecule has 5 nitrogen and oxygen atoms in total. The van der Waals surface area contributed by atoms with Crippen molar-refractivity contribution in [1.29, 1.82) is 0 Å². The number of nitrogens with zero attached hydrogens (tertiary/aromatic N) is 1. The van der Waals surface area contributed by atoms with Crippen molar-refractivity contribution in [2.24, 2.45) is 11.1 Å². The minimum Gasteiger partial charge on any atom is -0.344 e. The first kappa shape index (κ1) is 15.9. The zero-order valence-corrected chi connectivity index (χ0v) is 11.7. The van der Waals surface area contributed by atoms with E-state index in [2.05, 4.69) is 5.32 Å². The van der Waals surface area contributed by atoms with E-state index >= 15 is 0 Å². The molecule has 0 rings (SSSR count). The van der Waals surface area contributed by atoms with Crippen LogP contribution in [0.25, 0.3) is 0 Å². The van der Waals surface area contributed by atoms with E-state index in [1.54, 1.807) is 18.9 Å². The van der Waals surface area contributed by atoms with Crippen LogP contribution in [0.5, 0.6) is 0 Å². The summed E-state index contributed by atoms with van der Waals surface area (Å²) in [5.41, 5.74) is 5.50. The zero-order valence-electron chi connectivity index (χ0n) is 11.7. The molecule has 17 heavy (non-hydrogen) atoms. The van der Waals surface area contributed by atoms with Crippen LogP contribution in [-0.4, -0.2) is 42.4 Å². The quantitative estimate of drug-likeness (QED) is 0.748. The van der Waals surface area contributed by atoms with Crippen molar-refractivity contribution in [3.8, 4) is 0 Å². The Bertz CT molecular complexity index is 284. The molecule has 0 radical (unpaired) electrons. The Morgan fingerprint density at radius 3 is 2.18 bits per heavy atom. The lowest BCUT2D eigenvalue weighted by Crippen LogP contribution is -2.54. The Labute approximate surface area is 104 Å². The number of amides is 2. The minimum absolute atomic E-state index is 0.109. The third kappa shape index (κ3) is 4.73. The Morgan fingerprint density at radius 1 is 1.35 bits per heavy atom. The molecular weight excluding hydrogens is 218 g/mol. The van der Waals surface area contributed by atoms with Gasteiger partial charge in [-0.3, -0.25) is 9.59 Å². The first-order valence-electron chi connectivity index (χ1n) is 5.92. The van der Waals surface area contributed by atoms with E-state index in [-0.39, 0.29) is 17.2 Å². The Hall–Kier alpha value is -1.10. The van der Waals surface area contributed by atoms with Gasteiger partial charge in [0.05, 0.1) is 6.04 Å². The van der Waals surface area contributed by atoms with E-state index in [0.29, 0.717) is 6.54 Å². The molecule has 100 valence electrons. The number of carbonyl (C=O) groups excluding carboxylic acids is 2. The molecule has 5 heteroatoms. The molecule has 3 N–H and O–H groups in total. The van der Waals surface area contributed by atoms with E-state index in [9.17, 15) is 9.59 Å². The van der Waals surface area contributed by atoms with E-state index in [4.69, 9.17) is 5.73 Å². The van der Waals surface area contributed by atoms with E-state index in [1.807, 2.05) is 27.7 Å². The molecule has 1 unspecified atom stereocenters. The van der Waals surface area contributed by atoms with Crippen LogP contribution >= 0.6 is 0 Å². The summed E-state index contributed by atoms with van der Waals surface area (Å²) in [7, 11) is 1.70. The number of carbonyl (C=O) groups is 2. The average molecular weight is 243 g/mol. The molecule has 0 saturated carbocycles. The van der Waals surface area contributed by atoms with Crippen molar-refractivity contribution in [3.05, 3.63) is 0 Å². The number of nitrogens with two attached hydrogens (primary N) is 1. The minimum atomic E-state index is -0.621. The monoisotopic (exact) mass is 243 g/mol. The van der Waals surface area contributed by atoms with Gasteiger partial charge in [-0.05, 0) is 19.3 Å². The molecule has 2 amide bonds. The first-order chi connectivity index (χ1) is 7.61. The molecule has 0 bridgehead atoms. The zero-order chi connectivity index (χ0) is 13.8. The summed E-state index contributed by atoms with van der Waals surface area (Å²) in [4.78, 5) is 25.1. The molecule has 0 spiro atoms. The molecule has 0 aliphatic rings. The maximum atomic E-state index is 11.8. The lowest BCUT2D eigenvalue weighted by atomic mass is 9.87. The number of hydrogen-bond acceptors (Lipinski definition) is 3. The van der Waals surface area contributed by atoms with Gasteiger partial charge in [-0.1, -0.05) is 20.8 Å². The van der Waals surface area contributed by atoms with Gasteiger partial charge in [0.2, 0.25) is 11.8 Å². The Kier molecular flexibility index (Phi) is 5.61. The number of rotatable bonds is 4. The van der Waals surface area contributed by atoms with Gasteiger partial charge in [-0.2, -0.15) is 0 Å². The molecule has 0 aromatic heterocycles. The second-order valence-corrected chi connectivity index (χ2v) is 5.43. The van der Waals surface area contributed by atoms with Crippen LogP contribution in [0.4, 0.5) is 0 Å². The lowest BCUT2D eigenvalue weighted by Gasteiger charge is -2.28. The van der Waals surface area contributed by atoms with Crippen LogP contribution in [0.3, 0.4) is 0 Å². The summed E-state index contributed by atoms with van der Waals surface area (Å²) in [5.74, 6) is -0.398. The van der Waals surface area contributed by atoms with E-state index < -0.39 is 12.1 Å². The average Bonchev–Trinajstić information content (AvgIpc) is 2.24. The van der Waals surface area contributed by atoms with Crippen molar-refractivity contribution >= 4 is 11.8 Å². The molecule has 0 aromatic rings. The van der Waals surface area contributed by atoms with E-state index in [0.717, 1.165) is 0 Å². The molecule has 0 aromatic carbocycles. The van der Waals surface area contributed by atoms with Crippen molar-refractivity contribution in [2.45, 2.75) is 46.7 Å². The smallest absolute Gasteiger partial charge is 0.244 e. The van der Waals surface area contributed by atoms with Crippen LogP contribution in [-0.2, 0) is 9.59 Å². The highest BCUT2D eigenvalue weighted by Crippen LogP contribution is 2.17. The summed E-state index contributed by atoms with van der Waals surface area (Å²) in [6.45, 7) is 9.84. The van der Waals surface area contributed by atoms with Crippen molar-refractivity contribution < 1.29 is 9.59 Å². The van der Waals surface area contributed by atoms with Crippen LogP contribution in [0.15, 0.2) is 0 Å². The second-order valence-electron chi connectivity index (χ2n) is 5.43. The van der Waals surface area contributed by atoms with Crippen LogP contribution in [0.1, 0.15) is 34.6 Å². The van der Waals surface area contributed by atoms with Crippen LogP contribution in [0, 0.1) is 5.41 Å². The predicted molar refractivity (Wildman–Crippen MR) is 68.3 cm³/mol. The fourth-order valence-electron chi connectivity index (χ4n) is 1.24. The summed E-state index contributed by atoms with van der Waals surface area (Å²) >= 11 is 0. The Balaban J connectivity index is 4.45. The van der Waals surface area contributed by atoms with Gasteiger partial charge >= 0.3 is 0 Å². The molecule has 0 saturated heterocycles. The van der Waals surface area contributed by atoms with Crippen LogP contribution < -0.4 is 11.1 Å². The molecule has 0 heterocycles. The summed E-state index contributed by atoms with van der Waals surface area (Å²) in [6, 6.07) is -1.16. The SMILES string of the molecule is CCN(C)C(=O)C(C)NC(=O)[C@H](N)C(C)(C)C. The Morgan fingerprint density at radius 2 is 1.82 bits per heavy atom. The number of hydrogen-bond donors (Lipinski definition) is 2. The molecule has 0 aliphatic heterocycles. The van der Waals surface area contributed by atoms with Gasteiger partial charge in [-0.15, -0.1) is 0 Å². The van der Waals surface area contributed by atoms with Gasteiger partial charge in [0.15, 0.2) is 0 Å².